The topological polar surface area (TPSA) is 89.6 Å². The molecular formula is C14H13ClN6. The molecule has 0 fully saturated rings. The van der Waals surface area contributed by atoms with Crippen LogP contribution in [0.1, 0.15) is 5.56 Å². The second kappa shape index (κ2) is 5.88. The average Bonchev–Trinajstić information content (AvgIpc) is 2.46. The Kier molecular flexibility index (Phi) is 3.79. The molecule has 0 bridgehead atoms. The van der Waals surface area contributed by atoms with Crippen LogP contribution in [0, 0.1) is 0 Å². The van der Waals surface area contributed by atoms with Crippen molar-refractivity contribution >= 4 is 34.4 Å². The molecule has 0 spiro atoms. The normalized spacial score (nSPS) is 10.7. The van der Waals surface area contributed by atoms with Crippen molar-refractivity contribution in [1.82, 2.24) is 19.9 Å². The number of anilines is 2. The summed E-state index contributed by atoms with van der Waals surface area (Å²) in [6.07, 6.45) is 2.59. The van der Waals surface area contributed by atoms with Crippen LogP contribution in [0.3, 0.4) is 0 Å². The largest absolute Gasteiger partial charge is 0.368 e. The number of hydrogen-bond donors (Lipinski definition) is 2. The van der Waals surface area contributed by atoms with E-state index in [0.29, 0.717) is 12.5 Å². The maximum atomic E-state index is 5.73. The van der Waals surface area contributed by atoms with E-state index in [9.17, 15) is 0 Å². The van der Waals surface area contributed by atoms with Crippen molar-refractivity contribution in [2.24, 2.45) is 0 Å². The van der Waals surface area contributed by atoms with E-state index in [-0.39, 0.29) is 11.2 Å². The summed E-state index contributed by atoms with van der Waals surface area (Å²) in [5, 5.41) is 4.29. The quantitative estimate of drug-likeness (QED) is 0.768. The van der Waals surface area contributed by atoms with E-state index in [1.165, 1.54) is 0 Å². The molecule has 0 amide bonds. The molecule has 0 aliphatic rings. The van der Waals surface area contributed by atoms with Gasteiger partial charge in [-0.15, -0.1) is 0 Å². The molecule has 0 atom stereocenters. The average molecular weight is 301 g/mol. The lowest BCUT2D eigenvalue weighted by atomic mass is 10.1. The van der Waals surface area contributed by atoms with Gasteiger partial charge in [0.25, 0.3) is 0 Å². The van der Waals surface area contributed by atoms with Gasteiger partial charge >= 0.3 is 0 Å². The van der Waals surface area contributed by atoms with Gasteiger partial charge < -0.3 is 11.1 Å². The Morgan fingerprint density at radius 1 is 1.10 bits per heavy atom. The highest BCUT2D eigenvalue weighted by Crippen LogP contribution is 2.16. The van der Waals surface area contributed by atoms with Crippen molar-refractivity contribution in [3.63, 3.8) is 0 Å². The lowest BCUT2D eigenvalue weighted by molar-refractivity contribution is 0.971. The molecule has 3 rings (SSSR count). The third kappa shape index (κ3) is 3.17. The number of nitrogens with one attached hydrogen (secondary N) is 1. The third-order valence-corrected chi connectivity index (χ3v) is 3.19. The first-order valence-corrected chi connectivity index (χ1v) is 6.84. The van der Waals surface area contributed by atoms with E-state index >= 15 is 0 Å². The second-order valence-corrected chi connectivity index (χ2v) is 4.79. The lowest BCUT2D eigenvalue weighted by Crippen LogP contribution is -2.10. The van der Waals surface area contributed by atoms with Gasteiger partial charge in [-0.05, 0) is 29.7 Å². The molecule has 0 aliphatic heterocycles. The van der Waals surface area contributed by atoms with Gasteiger partial charge in [0.15, 0.2) is 0 Å². The molecule has 3 aromatic rings. The monoisotopic (exact) mass is 300 g/mol. The van der Waals surface area contributed by atoms with E-state index in [0.717, 1.165) is 22.9 Å². The smallest absolute Gasteiger partial charge is 0.228 e. The first-order chi connectivity index (χ1) is 10.2. The van der Waals surface area contributed by atoms with Crippen LogP contribution in [0.15, 0.2) is 36.5 Å². The van der Waals surface area contributed by atoms with Crippen LogP contribution >= 0.6 is 11.6 Å². The van der Waals surface area contributed by atoms with Crippen molar-refractivity contribution in [2.75, 3.05) is 17.6 Å². The number of nitrogens with zero attached hydrogens (tertiary/aromatic N) is 4. The van der Waals surface area contributed by atoms with Gasteiger partial charge in [0, 0.05) is 18.1 Å². The van der Waals surface area contributed by atoms with Crippen molar-refractivity contribution in [3.05, 3.63) is 47.4 Å². The number of para-hydroxylation sites is 1. The zero-order valence-electron chi connectivity index (χ0n) is 11.1. The van der Waals surface area contributed by atoms with E-state index in [2.05, 4.69) is 31.3 Å². The predicted molar refractivity (Wildman–Crippen MR) is 83.2 cm³/mol. The Morgan fingerprint density at radius 2 is 1.95 bits per heavy atom. The number of nitrogen functional groups attached to an aromatic ring is 1. The fraction of sp³-hybridized carbons (Fsp3) is 0.143. The van der Waals surface area contributed by atoms with Crippen LogP contribution in [0.25, 0.3) is 10.9 Å². The van der Waals surface area contributed by atoms with Gasteiger partial charge in [-0.3, -0.25) is 4.98 Å². The Bertz CT molecular complexity index is 751. The summed E-state index contributed by atoms with van der Waals surface area (Å²) in [5.74, 6) is 0.477. The van der Waals surface area contributed by atoms with Crippen LogP contribution in [-0.2, 0) is 6.42 Å². The minimum atomic E-state index is 0.0804. The van der Waals surface area contributed by atoms with E-state index in [4.69, 9.17) is 17.3 Å². The minimum absolute atomic E-state index is 0.0804. The van der Waals surface area contributed by atoms with Gasteiger partial charge in [0.1, 0.15) is 0 Å². The molecule has 0 saturated carbocycles. The SMILES string of the molecule is Nc1nc(Cl)nc(NCCc2cccc3cccnc23)n1. The molecule has 3 N–H and O–H groups in total. The fourth-order valence-electron chi connectivity index (χ4n) is 2.12. The summed E-state index contributed by atoms with van der Waals surface area (Å²) in [5.41, 5.74) is 7.69. The van der Waals surface area contributed by atoms with Crippen molar-refractivity contribution in [3.8, 4) is 0 Å². The number of nitrogens with two attached hydrogens (primary N) is 1. The van der Waals surface area contributed by atoms with Gasteiger partial charge in [0.2, 0.25) is 17.2 Å². The van der Waals surface area contributed by atoms with Crippen LogP contribution < -0.4 is 11.1 Å². The number of rotatable bonds is 4. The Morgan fingerprint density at radius 3 is 2.81 bits per heavy atom. The Hall–Kier alpha value is -2.47. The summed E-state index contributed by atoms with van der Waals surface area (Å²) < 4.78 is 0. The molecule has 0 saturated heterocycles. The highest BCUT2D eigenvalue weighted by Gasteiger charge is 2.04. The maximum absolute atomic E-state index is 5.73. The van der Waals surface area contributed by atoms with E-state index < -0.39 is 0 Å². The summed E-state index contributed by atoms with van der Waals surface area (Å²) in [7, 11) is 0. The van der Waals surface area contributed by atoms with Crippen LogP contribution in [0.5, 0.6) is 0 Å². The van der Waals surface area contributed by atoms with Crippen molar-refractivity contribution in [1.29, 1.82) is 0 Å². The highest BCUT2D eigenvalue weighted by molar-refractivity contribution is 6.28. The van der Waals surface area contributed by atoms with Crippen LogP contribution in [0.4, 0.5) is 11.9 Å². The zero-order chi connectivity index (χ0) is 14.7. The summed E-state index contributed by atoms with van der Waals surface area (Å²) >= 11 is 5.73. The molecular weight excluding hydrogens is 288 g/mol. The first kappa shape index (κ1) is 13.5. The standard InChI is InChI=1S/C14H13ClN6/c15-12-19-13(16)21-14(20-12)18-8-6-10-4-1-3-9-5-2-7-17-11(9)10/h1-5,7H,6,8H2,(H3,16,18,19,20,21). The summed E-state index contributed by atoms with van der Waals surface area (Å²) in [6.45, 7) is 0.648. The number of fused-ring (bicyclic) bond motifs is 1. The molecule has 106 valence electrons. The van der Waals surface area contributed by atoms with Crippen LogP contribution in [-0.4, -0.2) is 26.5 Å². The number of pyridine rings is 1. The van der Waals surface area contributed by atoms with E-state index in [1.54, 1.807) is 6.20 Å². The van der Waals surface area contributed by atoms with Crippen molar-refractivity contribution < 1.29 is 0 Å². The predicted octanol–water partition coefficient (Wildman–Crippen LogP) is 2.31. The number of halogens is 1. The third-order valence-electron chi connectivity index (χ3n) is 3.02. The van der Waals surface area contributed by atoms with Gasteiger partial charge in [-0.2, -0.15) is 15.0 Å². The Labute approximate surface area is 126 Å². The first-order valence-electron chi connectivity index (χ1n) is 6.46. The van der Waals surface area contributed by atoms with Crippen LogP contribution in [0.2, 0.25) is 5.28 Å². The molecule has 7 heteroatoms. The molecule has 21 heavy (non-hydrogen) atoms. The minimum Gasteiger partial charge on any atom is -0.368 e. The summed E-state index contributed by atoms with van der Waals surface area (Å²) in [4.78, 5) is 16.1. The molecule has 0 unspecified atom stereocenters. The molecule has 1 aromatic carbocycles. The molecule has 2 heterocycles. The summed E-state index contributed by atoms with van der Waals surface area (Å²) in [6, 6.07) is 10.1. The molecule has 2 aromatic heterocycles. The fourth-order valence-corrected chi connectivity index (χ4v) is 2.29. The van der Waals surface area contributed by atoms with Gasteiger partial charge in [-0.1, -0.05) is 24.3 Å². The van der Waals surface area contributed by atoms with Crippen molar-refractivity contribution in [2.45, 2.75) is 6.42 Å². The Balaban J connectivity index is 1.72. The highest BCUT2D eigenvalue weighted by atomic mass is 35.5. The maximum Gasteiger partial charge on any atom is 0.228 e. The molecule has 6 nitrogen and oxygen atoms in total. The molecule has 0 aliphatic carbocycles. The number of hydrogen-bond acceptors (Lipinski definition) is 6. The number of aromatic nitrogens is 4. The lowest BCUT2D eigenvalue weighted by Gasteiger charge is -2.07. The van der Waals surface area contributed by atoms with Gasteiger partial charge in [0.05, 0.1) is 5.52 Å². The van der Waals surface area contributed by atoms with Gasteiger partial charge in [-0.25, -0.2) is 0 Å². The second-order valence-electron chi connectivity index (χ2n) is 4.46. The molecule has 0 radical (unpaired) electrons. The zero-order valence-corrected chi connectivity index (χ0v) is 11.9. The van der Waals surface area contributed by atoms with E-state index in [1.807, 2.05) is 24.3 Å². The number of benzene rings is 1.